The molecule has 0 unspecified atom stereocenters. The van der Waals surface area contributed by atoms with Crippen molar-refractivity contribution >= 4 is 23.0 Å². The van der Waals surface area contributed by atoms with Gasteiger partial charge >= 0.3 is 0 Å². The highest BCUT2D eigenvalue weighted by atomic mass is 16.2. The van der Waals surface area contributed by atoms with Gasteiger partial charge in [0.05, 0.1) is 5.52 Å². The van der Waals surface area contributed by atoms with Gasteiger partial charge in [0.15, 0.2) is 5.69 Å². The van der Waals surface area contributed by atoms with Gasteiger partial charge in [-0.15, -0.1) is 0 Å². The lowest BCUT2D eigenvalue weighted by Gasteiger charge is -2.20. The van der Waals surface area contributed by atoms with Crippen molar-refractivity contribution in [2.24, 2.45) is 0 Å². The Bertz CT molecular complexity index is 975. The Balaban J connectivity index is 2.06. The van der Waals surface area contributed by atoms with Gasteiger partial charge < -0.3 is 9.80 Å². The van der Waals surface area contributed by atoms with Crippen LogP contribution < -0.4 is 4.90 Å². The lowest BCUT2D eigenvalue weighted by atomic mass is 10.2. The highest BCUT2D eigenvalue weighted by Gasteiger charge is 2.27. The maximum atomic E-state index is 13.4. The number of anilines is 1. The molecule has 0 saturated heterocycles. The zero-order valence-electron chi connectivity index (χ0n) is 17.3. The van der Waals surface area contributed by atoms with E-state index in [1.165, 1.54) is 0 Å². The summed E-state index contributed by atoms with van der Waals surface area (Å²) in [5.41, 5.74) is 1.79. The zero-order valence-corrected chi connectivity index (χ0v) is 17.3. The Morgan fingerprint density at radius 3 is 2.17 bits per heavy atom. The minimum Gasteiger partial charge on any atom is -0.337 e. The summed E-state index contributed by atoms with van der Waals surface area (Å²) in [7, 11) is 0. The van der Waals surface area contributed by atoms with Crippen molar-refractivity contribution in [3.05, 3.63) is 66.2 Å². The van der Waals surface area contributed by atoms with Crippen LogP contribution in [0.25, 0.3) is 5.52 Å². The summed E-state index contributed by atoms with van der Waals surface area (Å²) < 4.78 is 1.72. The molecule has 152 valence electrons. The van der Waals surface area contributed by atoms with Crippen LogP contribution in [0.5, 0.6) is 0 Å². The number of amides is 2. The van der Waals surface area contributed by atoms with Gasteiger partial charge in [0.1, 0.15) is 0 Å². The lowest BCUT2D eigenvalue weighted by molar-refractivity contribution is 0.0752. The van der Waals surface area contributed by atoms with E-state index in [1.54, 1.807) is 15.5 Å². The Kier molecular flexibility index (Phi) is 6.65. The number of benzene rings is 1. The minimum atomic E-state index is -0.225. The predicted octanol–water partition coefficient (Wildman–Crippen LogP) is 4.26. The van der Waals surface area contributed by atoms with E-state index in [0.717, 1.165) is 18.5 Å². The van der Waals surface area contributed by atoms with Gasteiger partial charge in [0.25, 0.3) is 11.8 Å². The standard InChI is InChI=1S/C23H28N4O2/c1-4-15-25(16-5-2)22(28)20-19-14-10-11-17-27(19)21(24-20)23(29)26(6-3)18-12-8-7-9-13-18/h7-14,17H,4-6,15-16H2,1-3H3. The summed E-state index contributed by atoms with van der Waals surface area (Å²) in [5, 5.41) is 0. The highest BCUT2D eigenvalue weighted by Crippen LogP contribution is 2.20. The molecule has 0 aliphatic rings. The largest absolute Gasteiger partial charge is 0.337 e. The van der Waals surface area contributed by atoms with E-state index in [-0.39, 0.29) is 17.6 Å². The van der Waals surface area contributed by atoms with Crippen molar-refractivity contribution in [1.29, 1.82) is 0 Å². The Labute approximate surface area is 171 Å². The molecule has 2 heterocycles. The van der Waals surface area contributed by atoms with E-state index >= 15 is 0 Å². The van der Waals surface area contributed by atoms with Crippen molar-refractivity contribution in [3.63, 3.8) is 0 Å². The second kappa shape index (κ2) is 9.37. The van der Waals surface area contributed by atoms with Crippen LogP contribution in [0.3, 0.4) is 0 Å². The number of hydrogen-bond donors (Lipinski definition) is 0. The SMILES string of the molecule is CCCN(CCC)C(=O)c1nc(C(=O)N(CC)c2ccccc2)n2ccccc12. The maximum Gasteiger partial charge on any atom is 0.294 e. The monoisotopic (exact) mass is 392 g/mol. The molecule has 0 N–H and O–H groups in total. The maximum absolute atomic E-state index is 13.4. The number of pyridine rings is 1. The molecule has 6 nitrogen and oxygen atoms in total. The number of fused-ring (bicyclic) bond motifs is 1. The average molecular weight is 393 g/mol. The molecular formula is C23H28N4O2. The summed E-state index contributed by atoms with van der Waals surface area (Å²) in [6.07, 6.45) is 3.54. The first-order chi connectivity index (χ1) is 14.1. The van der Waals surface area contributed by atoms with Crippen LogP contribution in [-0.2, 0) is 0 Å². The first-order valence-corrected chi connectivity index (χ1v) is 10.3. The fourth-order valence-corrected chi connectivity index (χ4v) is 3.52. The molecule has 0 fully saturated rings. The number of carbonyl (C=O) groups excluding carboxylic acids is 2. The molecule has 0 saturated carbocycles. The van der Waals surface area contributed by atoms with Crippen LogP contribution in [0, 0.1) is 0 Å². The molecule has 1 aromatic carbocycles. The van der Waals surface area contributed by atoms with Gasteiger partial charge in [-0.1, -0.05) is 38.1 Å². The molecule has 0 atom stereocenters. The molecule has 0 radical (unpaired) electrons. The van der Waals surface area contributed by atoms with Crippen molar-refractivity contribution in [3.8, 4) is 0 Å². The third-order valence-corrected chi connectivity index (χ3v) is 4.85. The van der Waals surface area contributed by atoms with Crippen molar-refractivity contribution in [2.75, 3.05) is 24.5 Å². The summed E-state index contributed by atoms with van der Waals surface area (Å²) in [6.45, 7) is 7.88. The van der Waals surface area contributed by atoms with Crippen molar-refractivity contribution in [1.82, 2.24) is 14.3 Å². The molecule has 0 bridgehead atoms. The second-order valence-corrected chi connectivity index (χ2v) is 6.92. The third-order valence-electron chi connectivity index (χ3n) is 4.85. The van der Waals surface area contributed by atoms with Crippen LogP contribution in [0.1, 0.15) is 54.7 Å². The average Bonchev–Trinajstić information content (AvgIpc) is 3.14. The van der Waals surface area contributed by atoms with Crippen LogP contribution in [0.2, 0.25) is 0 Å². The number of aromatic nitrogens is 2. The van der Waals surface area contributed by atoms with Crippen LogP contribution in [-0.4, -0.2) is 45.7 Å². The van der Waals surface area contributed by atoms with Crippen LogP contribution in [0.4, 0.5) is 5.69 Å². The normalized spacial score (nSPS) is 10.9. The topological polar surface area (TPSA) is 57.9 Å². The number of carbonyl (C=O) groups is 2. The predicted molar refractivity (Wildman–Crippen MR) is 115 cm³/mol. The Morgan fingerprint density at radius 1 is 0.897 bits per heavy atom. The fraction of sp³-hybridized carbons (Fsp3) is 0.348. The van der Waals surface area contributed by atoms with Gasteiger partial charge in [0, 0.05) is 31.5 Å². The molecule has 6 heteroatoms. The summed E-state index contributed by atoms with van der Waals surface area (Å²) in [5.74, 6) is -0.0988. The van der Waals surface area contributed by atoms with E-state index in [2.05, 4.69) is 18.8 Å². The van der Waals surface area contributed by atoms with Gasteiger partial charge in [-0.05, 0) is 44.0 Å². The lowest BCUT2D eigenvalue weighted by Crippen LogP contribution is -2.33. The smallest absolute Gasteiger partial charge is 0.294 e. The van der Waals surface area contributed by atoms with Gasteiger partial charge in [-0.25, -0.2) is 4.98 Å². The van der Waals surface area contributed by atoms with Crippen LogP contribution >= 0.6 is 0 Å². The Morgan fingerprint density at radius 2 is 1.55 bits per heavy atom. The molecule has 2 amide bonds. The third kappa shape index (κ3) is 4.16. The Hall–Kier alpha value is -3.15. The van der Waals surface area contributed by atoms with E-state index in [9.17, 15) is 9.59 Å². The molecular weight excluding hydrogens is 364 g/mol. The van der Waals surface area contributed by atoms with E-state index in [1.807, 2.05) is 60.4 Å². The molecule has 29 heavy (non-hydrogen) atoms. The number of para-hydroxylation sites is 1. The summed E-state index contributed by atoms with van der Waals surface area (Å²) in [4.78, 5) is 34.6. The molecule has 3 rings (SSSR count). The van der Waals surface area contributed by atoms with Crippen molar-refractivity contribution in [2.45, 2.75) is 33.6 Å². The molecule has 0 spiro atoms. The second-order valence-electron chi connectivity index (χ2n) is 6.92. The quantitative estimate of drug-likeness (QED) is 0.575. The van der Waals surface area contributed by atoms with Gasteiger partial charge in [-0.3, -0.25) is 14.0 Å². The van der Waals surface area contributed by atoms with Gasteiger partial charge in [-0.2, -0.15) is 0 Å². The molecule has 2 aromatic heterocycles. The number of hydrogen-bond acceptors (Lipinski definition) is 3. The van der Waals surface area contributed by atoms with E-state index < -0.39 is 0 Å². The first kappa shape index (κ1) is 20.6. The molecule has 3 aromatic rings. The number of rotatable bonds is 8. The van der Waals surface area contributed by atoms with Crippen LogP contribution in [0.15, 0.2) is 54.7 Å². The van der Waals surface area contributed by atoms with Crippen molar-refractivity contribution < 1.29 is 9.59 Å². The van der Waals surface area contributed by atoms with Gasteiger partial charge in [0.2, 0.25) is 5.82 Å². The number of imidazole rings is 1. The zero-order chi connectivity index (χ0) is 20.8. The summed E-state index contributed by atoms with van der Waals surface area (Å²) in [6, 6.07) is 15.1. The van der Waals surface area contributed by atoms with E-state index in [4.69, 9.17) is 0 Å². The molecule has 0 aliphatic carbocycles. The molecule has 0 aliphatic heterocycles. The highest BCUT2D eigenvalue weighted by molar-refractivity contribution is 6.07. The fourth-order valence-electron chi connectivity index (χ4n) is 3.52. The number of nitrogens with zero attached hydrogens (tertiary/aromatic N) is 4. The minimum absolute atomic E-state index is 0.126. The van der Waals surface area contributed by atoms with E-state index in [0.29, 0.717) is 30.8 Å². The first-order valence-electron chi connectivity index (χ1n) is 10.3. The summed E-state index contributed by atoms with van der Waals surface area (Å²) >= 11 is 0.